The van der Waals surface area contributed by atoms with Gasteiger partial charge in [-0.3, -0.25) is 0 Å². The minimum Gasteiger partial charge on any atom is -0.383 e. The van der Waals surface area contributed by atoms with Crippen LogP contribution in [-0.2, 0) is 0 Å². The van der Waals surface area contributed by atoms with E-state index >= 15 is 0 Å². The van der Waals surface area contributed by atoms with E-state index in [1.165, 1.54) is 0 Å². The number of pyridine rings is 1. The van der Waals surface area contributed by atoms with Crippen LogP contribution in [0.3, 0.4) is 0 Å². The van der Waals surface area contributed by atoms with E-state index in [2.05, 4.69) is 24.1 Å². The van der Waals surface area contributed by atoms with Crippen LogP contribution in [0.15, 0.2) is 12.3 Å². The van der Waals surface area contributed by atoms with Gasteiger partial charge in [0.15, 0.2) is 0 Å². The number of rotatable bonds is 6. The van der Waals surface area contributed by atoms with Crippen molar-refractivity contribution in [2.24, 2.45) is 5.92 Å². The second kappa shape index (κ2) is 7.09. The molecule has 17 heavy (non-hydrogen) atoms. The Hall–Kier alpha value is -0.450. The molecule has 1 aromatic heterocycles. The van der Waals surface area contributed by atoms with Gasteiger partial charge in [-0.1, -0.05) is 25.4 Å². The summed E-state index contributed by atoms with van der Waals surface area (Å²) in [6, 6.07) is 2.09. The molecule has 3 N–H and O–H groups in total. The van der Waals surface area contributed by atoms with Gasteiger partial charge in [-0.05, 0) is 24.8 Å². The van der Waals surface area contributed by atoms with Gasteiger partial charge in [0.25, 0.3) is 0 Å². The Morgan fingerprint density at radius 3 is 2.76 bits per heavy atom. The molecule has 0 fully saturated rings. The van der Waals surface area contributed by atoms with Crippen molar-refractivity contribution >= 4 is 29.2 Å². The normalized spacial score (nSPS) is 13.0. The zero-order valence-corrected chi connectivity index (χ0v) is 12.1. The average Bonchev–Trinajstić information content (AvgIpc) is 2.28. The van der Waals surface area contributed by atoms with Gasteiger partial charge in [0.05, 0.1) is 5.02 Å². The molecular formula is C12H20ClN3S. The number of nitrogens with two attached hydrogens (primary N) is 1. The number of hydrogen-bond donors (Lipinski definition) is 2. The van der Waals surface area contributed by atoms with Gasteiger partial charge in [0.2, 0.25) is 0 Å². The molecule has 0 aliphatic carbocycles. The molecule has 1 rings (SSSR count). The lowest BCUT2D eigenvalue weighted by Crippen LogP contribution is -2.21. The first-order valence-electron chi connectivity index (χ1n) is 5.70. The molecule has 3 nitrogen and oxygen atoms in total. The summed E-state index contributed by atoms with van der Waals surface area (Å²) in [7, 11) is 1.93. The minimum absolute atomic E-state index is 0.199. The fraction of sp³-hybridized carbons (Fsp3) is 0.583. The van der Waals surface area contributed by atoms with Gasteiger partial charge in [0.1, 0.15) is 5.82 Å². The number of nitrogens with one attached hydrogen (secondary N) is 1. The van der Waals surface area contributed by atoms with Crippen LogP contribution in [0.1, 0.15) is 25.5 Å². The molecule has 1 heterocycles. The number of aromatic nitrogens is 1. The predicted molar refractivity (Wildman–Crippen MR) is 77.6 cm³/mol. The van der Waals surface area contributed by atoms with E-state index in [1.807, 2.05) is 24.9 Å². The molecule has 0 aliphatic heterocycles. The van der Waals surface area contributed by atoms with E-state index in [0.29, 0.717) is 16.8 Å². The van der Waals surface area contributed by atoms with Gasteiger partial charge >= 0.3 is 0 Å². The summed E-state index contributed by atoms with van der Waals surface area (Å²) < 4.78 is 0. The topological polar surface area (TPSA) is 50.9 Å². The molecule has 0 saturated heterocycles. The van der Waals surface area contributed by atoms with Crippen molar-refractivity contribution in [1.29, 1.82) is 0 Å². The maximum atomic E-state index is 5.95. The van der Waals surface area contributed by atoms with Crippen LogP contribution in [0, 0.1) is 5.92 Å². The van der Waals surface area contributed by atoms with E-state index in [4.69, 9.17) is 17.3 Å². The molecule has 0 amide bonds. The van der Waals surface area contributed by atoms with Crippen molar-refractivity contribution in [1.82, 2.24) is 10.3 Å². The molecule has 0 saturated carbocycles. The largest absolute Gasteiger partial charge is 0.383 e. The van der Waals surface area contributed by atoms with E-state index < -0.39 is 0 Å². The molecule has 0 spiro atoms. The summed E-state index contributed by atoms with van der Waals surface area (Å²) in [5, 5.41) is 3.89. The number of hydrogen-bond acceptors (Lipinski definition) is 4. The zero-order valence-electron chi connectivity index (χ0n) is 10.5. The lowest BCUT2D eigenvalue weighted by molar-refractivity contribution is 0.659. The van der Waals surface area contributed by atoms with Gasteiger partial charge < -0.3 is 11.1 Å². The maximum Gasteiger partial charge on any atom is 0.128 e. The van der Waals surface area contributed by atoms with Crippen LogP contribution in [0.25, 0.3) is 0 Å². The molecule has 1 atom stereocenters. The zero-order chi connectivity index (χ0) is 12.8. The first-order valence-corrected chi connectivity index (χ1v) is 7.23. The van der Waals surface area contributed by atoms with Gasteiger partial charge in [-0.25, -0.2) is 4.98 Å². The van der Waals surface area contributed by atoms with E-state index in [9.17, 15) is 0 Å². The van der Waals surface area contributed by atoms with Crippen molar-refractivity contribution in [3.05, 3.63) is 22.8 Å². The molecule has 1 unspecified atom stereocenters. The Morgan fingerprint density at radius 1 is 1.47 bits per heavy atom. The highest BCUT2D eigenvalue weighted by atomic mass is 35.5. The number of halogens is 1. The Bertz CT molecular complexity index is 358. The Labute approximate surface area is 113 Å². The highest BCUT2D eigenvalue weighted by Gasteiger charge is 2.14. The summed E-state index contributed by atoms with van der Waals surface area (Å²) >= 11 is 7.86. The molecule has 0 radical (unpaired) electrons. The van der Waals surface area contributed by atoms with Crippen LogP contribution in [0.4, 0.5) is 5.82 Å². The van der Waals surface area contributed by atoms with Crippen molar-refractivity contribution < 1.29 is 0 Å². The highest BCUT2D eigenvalue weighted by Crippen LogP contribution is 2.25. The minimum atomic E-state index is 0.199. The van der Waals surface area contributed by atoms with Crippen molar-refractivity contribution in [2.75, 3.05) is 24.3 Å². The molecule has 96 valence electrons. The summed E-state index contributed by atoms with van der Waals surface area (Å²) in [6.45, 7) is 4.44. The summed E-state index contributed by atoms with van der Waals surface area (Å²) in [5.74, 6) is 3.37. The number of thioether (sulfide) groups is 1. The van der Waals surface area contributed by atoms with E-state index in [0.717, 1.165) is 17.1 Å². The van der Waals surface area contributed by atoms with Gasteiger partial charge in [0, 0.05) is 23.6 Å². The lowest BCUT2D eigenvalue weighted by atomic mass is 10.1. The summed E-state index contributed by atoms with van der Waals surface area (Å²) in [5.41, 5.74) is 6.86. The van der Waals surface area contributed by atoms with Crippen molar-refractivity contribution in [3.63, 3.8) is 0 Å². The van der Waals surface area contributed by atoms with Crippen LogP contribution in [0.5, 0.6) is 0 Å². The van der Waals surface area contributed by atoms with Crippen LogP contribution < -0.4 is 11.1 Å². The monoisotopic (exact) mass is 273 g/mol. The third kappa shape index (κ3) is 4.74. The predicted octanol–water partition coefficient (Wildman–Crippen LogP) is 2.97. The Morgan fingerprint density at radius 2 is 2.18 bits per heavy atom. The number of nitrogen functional groups attached to an aromatic ring is 1. The lowest BCUT2D eigenvalue weighted by Gasteiger charge is -2.18. The Kier molecular flexibility index (Phi) is 6.09. The first kappa shape index (κ1) is 14.6. The highest BCUT2D eigenvalue weighted by molar-refractivity contribution is 7.99. The Balaban J connectivity index is 2.68. The number of nitrogens with zero attached hydrogens (tertiary/aromatic N) is 1. The molecule has 1 aromatic rings. The molecule has 0 aromatic carbocycles. The van der Waals surface area contributed by atoms with Crippen molar-refractivity contribution in [2.45, 2.75) is 19.9 Å². The first-order chi connectivity index (χ1) is 8.04. The van der Waals surface area contributed by atoms with Crippen LogP contribution in [0.2, 0.25) is 5.02 Å². The third-order valence-corrected chi connectivity index (χ3v) is 4.05. The standard InChI is InChI=1S/C12H20ClN3S/c1-8(2)6-17-7-11(15-3)10-4-9(13)5-16-12(10)14/h4-5,8,11,15H,6-7H2,1-3H3,(H2,14,16). The second-order valence-corrected chi connectivity index (χ2v) is 5.91. The summed E-state index contributed by atoms with van der Waals surface area (Å²) in [4.78, 5) is 4.09. The second-order valence-electron chi connectivity index (χ2n) is 4.40. The number of anilines is 1. The van der Waals surface area contributed by atoms with Crippen LogP contribution in [-0.4, -0.2) is 23.5 Å². The average molecular weight is 274 g/mol. The molecule has 0 bridgehead atoms. The maximum absolute atomic E-state index is 5.95. The fourth-order valence-electron chi connectivity index (χ4n) is 1.49. The third-order valence-electron chi connectivity index (χ3n) is 2.38. The van der Waals surface area contributed by atoms with Gasteiger partial charge in [-0.2, -0.15) is 11.8 Å². The summed E-state index contributed by atoms with van der Waals surface area (Å²) in [6.07, 6.45) is 1.58. The van der Waals surface area contributed by atoms with E-state index in [1.54, 1.807) is 6.20 Å². The van der Waals surface area contributed by atoms with Crippen molar-refractivity contribution in [3.8, 4) is 0 Å². The van der Waals surface area contributed by atoms with Gasteiger partial charge in [-0.15, -0.1) is 0 Å². The fourth-order valence-corrected chi connectivity index (χ4v) is 2.85. The molecular weight excluding hydrogens is 254 g/mol. The SMILES string of the molecule is CNC(CSCC(C)C)c1cc(Cl)cnc1N. The quantitative estimate of drug-likeness (QED) is 0.837. The molecule has 0 aliphatic rings. The van der Waals surface area contributed by atoms with E-state index in [-0.39, 0.29) is 6.04 Å². The molecule has 5 heteroatoms. The smallest absolute Gasteiger partial charge is 0.128 e. The van der Waals surface area contributed by atoms with Crippen LogP contribution >= 0.6 is 23.4 Å².